The van der Waals surface area contributed by atoms with E-state index in [1.54, 1.807) is 12.5 Å². The average molecular weight is 248 g/mol. The molecule has 0 atom stereocenters. The van der Waals surface area contributed by atoms with Gasteiger partial charge in [-0.15, -0.1) is 11.6 Å². The number of imidazole rings is 1. The van der Waals surface area contributed by atoms with Crippen LogP contribution in [0, 0.1) is 0 Å². The van der Waals surface area contributed by atoms with Gasteiger partial charge in [-0.3, -0.25) is 0 Å². The van der Waals surface area contributed by atoms with Gasteiger partial charge in [-0.2, -0.15) is 0 Å². The Morgan fingerprint density at radius 1 is 1.29 bits per heavy atom. The highest BCUT2D eigenvalue weighted by atomic mass is 35.5. The molecule has 0 N–H and O–H groups in total. The number of rotatable bonds is 3. The van der Waals surface area contributed by atoms with Gasteiger partial charge in [0, 0.05) is 6.20 Å². The Bertz CT molecular complexity index is 630. The summed E-state index contributed by atoms with van der Waals surface area (Å²) in [6.07, 6.45) is 3.41. The molecule has 3 rings (SSSR count). The Kier molecular flexibility index (Phi) is 2.57. The summed E-state index contributed by atoms with van der Waals surface area (Å²) in [7, 11) is 0. The molecule has 0 aromatic carbocycles. The third kappa shape index (κ3) is 1.80. The van der Waals surface area contributed by atoms with Gasteiger partial charge in [-0.1, -0.05) is 0 Å². The highest BCUT2D eigenvalue weighted by Gasteiger charge is 2.11. The average Bonchev–Trinajstić information content (AvgIpc) is 2.98. The van der Waals surface area contributed by atoms with Crippen LogP contribution in [0.2, 0.25) is 0 Å². The molecular weight excluding hydrogens is 238 g/mol. The minimum atomic E-state index is 0.358. The first kappa shape index (κ1) is 10.4. The van der Waals surface area contributed by atoms with Gasteiger partial charge < -0.3 is 8.98 Å². The van der Waals surface area contributed by atoms with Crippen LogP contribution in [0.4, 0.5) is 0 Å². The highest BCUT2D eigenvalue weighted by molar-refractivity contribution is 6.16. The van der Waals surface area contributed by atoms with Crippen LogP contribution < -0.4 is 0 Å². The molecule has 0 aliphatic rings. The monoisotopic (exact) mass is 247 g/mol. The number of halogens is 1. The van der Waals surface area contributed by atoms with Crippen LogP contribution in [-0.4, -0.2) is 14.5 Å². The fraction of sp³-hybridized carbons (Fsp3) is 0.167. The standard InChI is InChI=1S/C12H10ClN3O/c13-7-11-15-10-4-1-5-14-12(10)16(11)8-9-3-2-6-17-9/h1-6H,7-8H2. The van der Waals surface area contributed by atoms with E-state index in [0.29, 0.717) is 12.4 Å². The summed E-state index contributed by atoms with van der Waals surface area (Å²) in [4.78, 5) is 8.77. The van der Waals surface area contributed by atoms with Crippen molar-refractivity contribution in [2.75, 3.05) is 0 Å². The number of alkyl halides is 1. The van der Waals surface area contributed by atoms with Crippen molar-refractivity contribution >= 4 is 22.8 Å². The second-order valence-corrected chi connectivity index (χ2v) is 3.94. The summed E-state index contributed by atoms with van der Waals surface area (Å²) in [6.45, 7) is 0.600. The molecule has 0 fully saturated rings. The molecule has 0 bridgehead atoms. The van der Waals surface area contributed by atoms with Crippen molar-refractivity contribution in [3.8, 4) is 0 Å². The van der Waals surface area contributed by atoms with Crippen LogP contribution in [0.3, 0.4) is 0 Å². The topological polar surface area (TPSA) is 43.9 Å². The summed E-state index contributed by atoms with van der Waals surface area (Å²) in [6, 6.07) is 7.58. The smallest absolute Gasteiger partial charge is 0.160 e. The molecule has 0 unspecified atom stereocenters. The molecule has 0 radical (unpaired) electrons. The van der Waals surface area contributed by atoms with Crippen molar-refractivity contribution in [3.05, 3.63) is 48.3 Å². The van der Waals surface area contributed by atoms with Crippen molar-refractivity contribution in [2.45, 2.75) is 12.4 Å². The first-order chi connectivity index (χ1) is 8.38. The van der Waals surface area contributed by atoms with E-state index in [1.165, 1.54) is 0 Å². The molecule has 3 heterocycles. The van der Waals surface area contributed by atoms with E-state index in [-0.39, 0.29) is 0 Å². The zero-order valence-electron chi connectivity index (χ0n) is 9.01. The molecule has 5 heteroatoms. The Labute approximate surface area is 103 Å². The number of aromatic nitrogens is 3. The summed E-state index contributed by atoms with van der Waals surface area (Å²) in [5, 5.41) is 0. The lowest BCUT2D eigenvalue weighted by atomic mass is 10.4. The van der Waals surface area contributed by atoms with Gasteiger partial charge in [0.15, 0.2) is 5.65 Å². The predicted molar refractivity (Wildman–Crippen MR) is 64.9 cm³/mol. The number of furan rings is 1. The quantitative estimate of drug-likeness (QED) is 0.669. The van der Waals surface area contributed by atoms with Gasteiger partial charge in [0.1, 0.15) is 17.1 Å². The summed E-state index contributed by atoms with van der Waals surface area (Å²) < 4.78 is 7.31. The van der Waals surface area contributed by atoms with Crippen LogP contribution in [0.5, 0.6) is 0 Å². The highest BCUT2D eigenvalue weighted by Crippen LogP contribution is 2.17. The van der Waals surface area contributed by atoms with Gasteiger partial charge in [-0.05, 0) is 24.3 Å². The van der Waals surface area contributed by atoms with Gasteiger partial charge in [0.05, 0.1) is 18.7 Å². The predicted octanol–water partition coefficient (Wildman–Crippen LogP) is 2.81. The Morgan fingerprint density at radius 3 is 3.00 bits per heavy atom. The second kappa shape index (κ2) is 4.22. The number of fused-ring (bicyclic) bond motifs is 1. The van der Waals surface area contributed by atoms with Crippen LogP contribution >= 0.6 is 11.6 Å². The number of nitrogens with zero attached hydrogens (tertiary/aromatic N) is 3. The largest absolute Gasteiger partial charge is 0.467 e. The first-order valence-corrected chi connectivity index (χ1v) is 5.80. The fourth-order valence-electron chi connectivity index (χ4n) is 1.83. The zero-order chi connectivity index (χ0) is 11.7. The molecule has 0 aliphatic carbocycles. The van der Waals surface area contributed by atoms with E-state index < -0.39 is 0 Å². The molecule has 86 valence electrons. The van der Waals surface area contributed by atoms with Gasteiger partial charge in [0.2, 0.25) is 0 Å². The Morgan fingerprint density at radius 2 is 2.24 bits per heavy atom. The summed E-state index contributed by atoms with van der Waals surface area (Å²) >= 11 is 5.90. The summed E-state index contributed by atoms with van der Waals surface area (Å²) in [5.74, 6) is 2.02. The van der Waals surface area contributed by atoms with Gasteiger partial charge >= 0.3 is 0 Å². The fourth-order valence-corrected chi connectivity index (χ4v) is 2.04. The lowest BCUT2D eigenvalue weighted by molar-refractivity contribution is 0.493. The van der Waals surface area contributed by atoms with Gasteiger partial charge in [-0.25, -0.2) is 9.97 Å². The third-order valence-electron chi connectivity index (χ3n) is 2.60. The van der Waals surface area contributed by atoms with E-state index in [4.69, 9.17) is 16.0 Å². The zero-order valence-corrected chi connectivity index (χ0v) is 9.76. The van der Waals surface area contributed by atoms with E-state index >= 15 is 0 Å². The third-order valence-corrected chi connectivity index (χ3v) is 2.84. The van der Waals surface area contributed by atoms with Crippen molar-refractivity contribution in [2.24, 2.45) is 0 Å². The maximum absolute atomic E-state index is 5.90. The molecular formula is C12H10ClN3O. The molecule has 0 aliphatic heterocycles. The number of hydrogen-bond donors (Lipinski definition) is 0. The molecule has 3 aromatic heterocycles. The van der Waals surface area contributed by atoms with Crippen LogP contribution in [-0.2, 0) is 12.4 Å². The molecule has 3 aromatic rings. The van der Waals surface area contributed by atoms with E-state index in [1.807, 2.05) is 28.8 Å². The van der Waals surface area contributed by atoms with E-state index in [9.17, 15) is 0 Å². The van der Waals surface area contributed by atoms with Crippen molar-refractivity contribution < 1.29 is 4.42 Å². The number of pyridine rings is 1. The number of hydrogen-bond acceptors (Lipinski definition) is 3. The molecule has 0 saturated carbocycles. The molecule has 0 amide bonds. The normalized spacial score (nSPS) is 11.1. The van der Waals surface area contributed by atoms with Crippen molar-refractivity contribution in [3.63, 3.8) is 0 Å². The SMILES string of the molecule is ClCc1nc2cccnc2n1Cc1ccco1. The van der Waals surface area contributed by atoms with Crippen LogP contribution in [0.1, 0.15) is 11.6 Å². The Balaban J connectivity index is 2.12. The van der Waals surface area contributed by atoms with E-state index in [2.05, 4.69) is 9.97 Å². The molecule has 0 spiro atoms. The minimum absolute atomic E-state index is 0.358. The summed E-state index contributed by atoms with van der Waals surface area (Å²) in [5.41, 5.74) is 1.69. The van der Waals surface area contributed by atoms with Crippen molar-refractivity contribution in [1.29, 1.82) is 0 Å². The lowest BCUT2D eigenvalue weighted by Crippen LogP contribution is -2.03. The van der Waals surface area contributed by atoms with E-state index in [0.717, 1.165) is 22.7 Å². The Hall–Kier alpha value is -1.81. The van der Waals surface area contributed by atoms with Crippen molar-refractivity contribution in [1.82, 2.24) is 14.5 Å². The minimum Gasteiger partial charge on any atom is -0.467 e. The van der Waals surface area contributed by atoms with Crippen LogP contribution in [0.15, 0.2) is 41.1 Å². The first-order valence-electron chi connectivity index (χ1n) is 5.27. The van der Waals surface area contributed by atoms with Gasteiger partial charge in [0.25, 0.3) is 0 Å². The van der Waals surface area contributed by atoms with Crippen LogP contribution in [0.25, 0.3) is 11.2 Å². The maximum atomic E-state index is 5.90. The lowest BCUT2D eigenvalue weighted by Gasteiger charge is -2.04. The molecule has 0 saturated heterocycles. The molecule has 4 nitrogen and oxygen atoms in total. The second-order valence-electron chi connectivity index (χ2n) is 3.67. The maximum Gasteiger partial charge on any atom is 0.160 e. The molecule has 17 heavy (non-hydrogen) atoms.